The molecular weight excluding hydrogens is 246 g/mol. The first kappa shape index (κ1) is 16.3. The lowest BCUT2D eigenvalue weighted by molar-refractivity contribution is 0.0360. The van der Waals surface area contributed by atoms with Crippen LogP contribution in [0.25, 0.3) is 0 Å². The highest BCUT2D eigenvalue weighted by Crippen LogP contribution is 2.35. The van der Waals surface area contributed by atoms with E-state index >= 15 is 0 Å². The van der Waals surface area contributed by atoms with E-state index in [1.54, 1.807) is 0 Å². The van der Waals surface area contributed by atoms with Crippen molar-refractivity contribution in [3.05, 3.63) is 0 Å². The van der Waals surface area contributed by atoms with E-state index in [1.165, 1.54) is 52.0 Å². The number of hydrogen-bond donors (Lipinski definition) is 1. The molecule has 3 nitrogen and oxygen atoms in total. The Kier molecular flexibility index (Phi) is 5.49. The van der Waals surface area contributed by atoms with Gasteiger partial charge >= 0.3 is 0 Å². The Hall–Kier alpha value is -0.120. The van der Waals surface area contributed by atoms with E-state index in [0.29, 0.717) is 5.54 Å². The van der Waals surface area contributed by atoms with Gasteiger partial charge in [-0.25, -0.2) is 0 Å². The van der Waals surface area contributed by atoms with Crippen molar-refractivity contribution >= 4 is 0 Å². The minimum atomic E-state index is 0.303. The van der Waals surface area contributed by atoms with Crippen LogP contribution in [0.15, 0.2) is 0 Å². The molecule has 2 aliphatic rings. The summed E-state index contributed by atoms with van der Waals surface area (Å²) in [5, 5.41) is 0. The summed E-state index contributed by atoms with van der Waals surface area (Å²) in [6, 6.07) is 0. The topological polar surface area (TPSA) is 32.5 Å². The Morgan fingerprint density at radius 3 is 2.20 bits per heavy atom. The maximum atomic E-state index is 6.23. The molecule has 2 N–H and O–H groups in total. The van der Waals surface area contributed by atoms with Gasteiger partial charge in [-0.1, -0.05) is 27.7 Å². The first-order valence-electron chi connectivity index (χ1n) is 8.64. The Balaban J connectivity index is 1.92. The van der Waals surface area contributed by atoms with Crippen molar-refractivity contribution in [2.45, 2.75) is 52.5 Å². The highest BCUT2D eigenvalue weighted by molar-refractivity contribution is 4.99. The number of piperidine rings is 1. The van der Waals surface area contributed by atoms with Crippen molar-refractivity contribution in [3.8, 4) is 0 Å². The van der Waals surface area contributed by atoms with Gasteiger partial charge in [-0.05, 0) is 56.7 Å². The second kappa shape index (κ2) is 6.76. The van der Waals surface area contributed by atoms with Gasteiger partial charge < -0.3 is 10.6 Å². The van der Waals surface area contributed by atoms with Crippen LogP contribution in [-0.4, -0.2) is 54.6 Å². The second-order valence-electron chi connectivity index (χ2n) is 7.86. The smallest absolute Gasteiger partial charge is 0.0356 e. The average Bonchev–Trinajstić information content (AvgIpc) is 2.89. The van der Waals surface area contributed by atoms with Crippen LogP contribution >= 0.6 is 0 Å². The van der Waals surface area contributed by atoms with E-state index in [-0.39, 0.29) is 0 Å². The lowest BCUT2D eigenvalue weighted by Crippen LogP contribution is -2.59. The fourth-order valence-electron chi connectivity index (χ4n) is 4.08. The van der Waals surface area contributed by atoms with Crippen LogP contribution in [0.4, 0.5) is 0 Å². The predicted octanol–water partition coefficient (Wildman–Crippen LogP) is 2.41. The molecule has 1 atom stereocenters. The maximum absolute atomic E-state index is 6.23. The first-order chi connectivity index (χ1) is 9.47. The second-order valence-corrected chi connectivity index (χ2v) is 7.86. The third-order valence-electron chi connectivity index (χ3n) is 5.63. The molecule has 0 aromatic rings. The molecule has 2 heterocycles. The van der Waals surface area contributed by atoms with Gasteiger partial charge in [0.05, 0.1) is 0 Å². The van der Waals surface area contributed by atoms with Crippen molar-refractivity contribution in [2.24, 2.45) is 23.5 Å². The van der Waals surface area contributed by atoms with Gasteiger partial charge in [0, 0.05) is 25.2 Å². The summed E-state index contributed by atoms with van der Waals surface area (Å²) in [6.45, 7) is 16.5. The molecule has 2 saturated heterocycles. The summed E-state index contributed by atoms with van der Waals surface area (Å²) in [5.74, 6) is 2.47. The van der Waals surface area contributed by atoms with Gasteiger partial charge in [0.1, 0.15) is 0 Å². The molecule has 0 saturated carbocycles. The van der Waals surface area contributed by atoms with Crippen LogP contribution < -0.4 is 5.73 Å². The average molecular weight is 281 g/mol. The van der Waals surface area contributed by atoms with Crippen LogP contribution in [-0.2, 0) is 0 Å². The molecule has 2 rings (SSSR count). The van der Waals surface area contributed by atoms with Crippen molar-refractivity contribution in [3.63, 3.8) is 0 Å². The van der Waals surface area contributed by atoms with E-state index < -0.39 is 0 Å². The molecule has 3 heteroatoms. The van der Waals surface area contributed by atoms with Crippen molar-refractivity contribution < 1.29 is 0 Å². The summed E-state index contributed by atoms with van der Waals surface area (Å²) in [5.41, 5.74) is 6.53. The quantitative estimate of drug-likeness (QED) is 0.840. The van der Waals surface area contributed by atoms with Gasteiger partial charge in [0.2, 0.25) is 0 Å². The molecule has 2 fully saturated rings. The van der Waals surface area contributed by atoms with Crippen LogP contribution in [0.1, 0.15) is 47.0 Å². The molecule has 0 aromatic heterocycles. The minimum absolute atomic E-state index is 0.303. The van der Waals surface area contributed by atoms with E-state index in [2.05, 4.69) is 37.5 Å². The molecule has 1 unspecified atom stereocenters. The Bertz CT molecular complexity index is 293. The fraction of sp³-hybridized carbons (Fsp3) is 1.00. The van der Waals surface area contributed by atoms with E-state index in [0.717, 1.165) is 24.3 Å². The van der Waals surface area contributed by atoms with Crippen molar-refractivity contribution in [1.82, 2.24) is 9.80 Å². The van der Waals surface area contributed by atoms with Crippen LogP contribution in [0.5, 0.6) is 0 Å². The summed E-state index contributed by atoms with van der Waals surface area (Å²) < 4.78 is 0. The predicted molar refractivity (Wildman–Crippen MR) is 86.8 cm³/mol. The molecule has 0 aromatic carbocycles. The van der Waals surface area contributed by atoms with Crippen molar-refractivity contribution in [1.29, 1.82) is 0 Å². The zero-order valence-electron chi connectivity index (χ0n) is 14.1. The lowest BCUT2D eigenvalue weighted by Gasteiger charge is -2.47. The monoisotopic (exact) mass is 281 g/mol. The number of rotatable bonds is 5. The van der Waals surface area contributed by atoms with Gasteiger partial charge in [0.25, 0.3) is 0 Å². The van der Waals surface area contributed by atoms with Crippen molar-refractivity contribution in [2.75, 3.05) is 39.3 Å². The Morgan fingerprint density at radius 1 is 1.10 bits per heavy atom. The molecule has 0 spiro atoms. The first-order valence-corrected chi connectivity index (χ1v) is 8.64. The highest BCUT2D eigenvalue weighted by Gasteiger charge is 2.42. The minimum Gasteiger partial charge on any atom is -0.329 e. The van der Waals surface area contributed by atoms with Gasteiger partial charge in [-0.3, -0.25) is 4.90 Å². The standard InChI is InChI=1S/C17H35N3/c1-14(2)11-19-9-6-17(13-18,7-10-19)20-8-5-16(12-20)15(3)4/h14-16H,5-13,18H2,1-4H3. The molecule has 0 bridgehead atoms. The molecule has 0 aliphatic carbocycles. The number of likely N-dealkylation sites (tertiary alicyclic amines) is 2. The normalized spacial score (nSPS) is 28.6. The number of nitrogens with two attached hydrogens (primary N) is 1. The maximum Gasteiger partial charge on any atom is 0.0356 e. The largest absolute Gasteiger partial charge is 0.329 e. The number of nitrogens with zero attached hydrogens (tertiary/aromatic N) is 2. The zero-order chi connectivity index (χ0) is 14.8. The molecular formula is C17H35N3. The lowest BCUT2D eigenvalue weighted by atomic mass is 9.85. The van der Waals surface area contributed by atoms with E-state index in [4.69, 9.17) is 5.73 Å². The van der Waals surface area contributed by atoms with Gasteiger partial charge in [-0.2, -0.15) is 0 Å². The van der Waals surface area contributed by atoms with Gasteiger partial charge in [-0.15, -0.1) is 0 Å². The summed E-state index contributed by atoms with van der Waals surface area (Å²) in [7, 11) is 0. The molecule has 118 valence electrons. The van der Waals surface area contributed by atoms with Gasteiger partial charge in [0.15, 0.2) is 0 Å². The third kappa shape index (κ3) is 3.55. The van der Waals surface area contributed by atoms with Crippen LogP contribution in [0.3, 0.4) is 0 Å². The SMILES string of the molecule is CC(C)CN1CCC(CN)(N2CCC(C(C)C)C2)CC1. The molecule has 2 aliphatic heterocycles. The summed E-state index contributed by atoms with van der Waals surface area (Å²) in [6.07, 6.45) is 3.90. The number of hydrogen-bond acceptors (Lipinski definition) is 3. The Labute approximate surface area is 125 Å². The molecule has 0 radical (unpaired) electrons. The summed E-state index contributed by atoms with van der Waals surface area (Å²) >= 11 is 0. The van der Waals surface area contributed by atoms with Crippen LogP contribution in [0.2, 0.25) is 0 Å². The summed E-state index contributed by atoms with van der Waals surface area (Å²) in [4.78, 5) is 5.37. The highest BCUT2D eigenvalue weighted by atomic mass is 15.3. The molecule has 20 heavy (non-hydrogen) atoms. The fourth-order valence-corrected chi connectivity index (χ4v) is 4.08. The Morgan fingerprint density at radius 2 is 1.75 bits per heavy atom. The van der Waals surface area contributed by atoms with E-state index in [1.807, 2.05) is 0 Å². The zero-order valence-corrected chi connectivity index (χ0v) is 14.1. The van der Waals surface area contributed by atoms with Crippen LogP contribution in [0, 0.1) is 17.8 Å². The molecule has 0 amide bonds. The third-order valence-corrected chi connectivity index (χ3v) is 5.63. The van der Waals surface area contributed by atoms with E-state index in [9.17, 15) is 0 Å².